The van der Waals surface area contributed by atoms with Crippen molar-refractivity contribution in [2.24, 2.45) is 0 Å². The van der Waals surface area contributed by atoms with E-state index in [1.807, 2.05) is 12.2 Å². The van der Waals surface area contributed by atoms with E-state index in [2.05, 4.69) is 13.8 Å². The number of unbranched alkanes of at least 4 members (excludes halogenated alkanes) is 30. The maximum absolute atomic E-state index is 11.8. The van der Waals surface area contributed by atoms with Gasteiger partial charge in [-0.25, -0.2) is 9.59 Å². The fourth-order valence-electron chi connectivity index (χ4n) is 5.79. The fraction of sp³-hybridized carbons (Fsp3) is 0.850. The average Bonchev–Trinajstić information content (AvgIpc) is 3.00. The van der Waals surface area contributed by atoms with Crippen LogP contribution in [0.2, 0.25) is 0 Å². The van der Waals surface area contributed by atoms with Crippen LogP contribution in [0.3, 0.4) is 0 Å². The molecular weight excluding hydrogens is 528 g/mol. The molecule has 0 spiro atoms. The van der Waals surface area contributed by atoms with Crippen molar-refractivity contribution < 1.29 is 14.3 Å². The van der Waals surface area contributed by atoms with Crippen molar-refractivity contribution in [2.45, 2.75) is 219 Å². The third kappa shape index (κ3) is 36.7. The molecule has 43 heavy (non-hydrogen) atoms. The lowest BCUT2D eigenvalue weighted by atomic mass is 10.0. The molecule has 0 saturated carbocycles. The fourth-order valence-corrected chi connectivity index (χ4v) is 5.79. The summed E-state index contributed by atoms with van der Waals surface area (Å²) in [4.78, 5) is 23.7. The van der Waals surface area contributed by atoms with E-state index in [0.717, 1.165) is 25.7 Å². The summed E-state index contributed by atoms with van der Waals surface area (Å²) in [6.07, 6.45) is 48.9. The van der Waals surface area contributed by atoms with E-state index in [-0.39, 0.29) is 0 Å². The highest BCUT2D eigenvalue weighted by molar-refractivity contribution is 5.96. The van der Waals surface area contributed by atoms with Crippen LogP contribution in [-0.2, 0) is 14.3 Å². The Morgan fingerprint density at radius 2 is 0.558 bits per heavy atom. The lowest BCUT2D eigenvalue weighted by molar-refractivity contribution is -0.152. The molecule has 0 fully saturated rings. The third-order valence-electron chi connectivity index (χ3n) is 8.66. The van der Waals surface area contributed by atoms with Gasteiger partial charge in [-0.2, -0.15) is 0 Å². The summed E-state index contributed by atoms with van der Waals surface area (Å²) in [6, 6.07) is 0. The Bertz CT molecular complexity index is 582. The lowest BCUT2D eigenvalue weighted by Crippen LogP contribution is -2.06. The predicted octanol–water partition coefficient (Wildman–Crippen LogP) is 13.7. The Morgan fingerprint density at radius 1 is 0.349 bits per heavy atom. The molecule has 252 valence electrons. The average molecular weight is 603 g/mol. The van der Waals surface area contributed by atoms with Gasteiger partial charge >= 0.3 is 11.9 Å². The molecule has 0 aromatic heterocycles. The van der Waals surface area contributed by atoms with E-state index < -0.39 is 11.9 Å². The molecule has 0 N–H and O–H groups in total. The van der Waals surface area contributed by atoms with Crippen LogP contribution in [0.1, 0.15) is 219 Å². The zero-order valence-electron chi connectivity index (χ0n) is 29.2. The van der Waals surface area contributed by atoms with Gasteiger partial charge in [0.2, 0.25) is 0 Å². The van der Waals surface area contributed by atoms with E-state index >= 15 is 0 Å². The molecule has 0 bridgehead atoms. The van der Waals surface area contributed by atoms with Gasteiger partial charge in [-0.15, -0.1) is 0 Å². The van der Waals surface area contributed by atoms with Crippen LogP contribution in [0.25, 0.3) is 0 Å². The summed E-state index contributed by atoms with van der Waals surface area (Å²) < 4.78 is 4.86. The van der Waals surface area contributed by atoms with Crippen molar-refractivity contribution in [1.29, 1.82) is 0 Å². The zero-order chi connectivity index (χ0) is 31.3. The van der Waals surface area contributed by atoms with Crippen LogP contribution in [0.4, 0.5) is 0 Å². The van der Waals surface area contributed by atoms with Crippen molar-refractivity contribution in [2.75, 3.05) is 0 Å². The van der Waals surface area contributed by atoms with E-state index in [0.29, 0.717) is 0 Å². The second-order valence-electron chi connectivity index (χ2n) is 13.0. The molecule has 0 atom stereocenters. The minimum Gasteiger partial charge on any atom is -0.387 e. The normalized spacial score (nSPS) is 11.7. The van der Waals surface area contributed by atoms with Crippen LogP contribution in [0.5, 0.6) is 0 Å². The number of ether oxygens (including phenoxy) is 1. The standard InChI is InChI=1S/C40H74O3/c1-3-5-7-9-11-13-15-17-19-21-23-25-27-29-31-33-35-37-39(41)43-40(42)38-36-34-32-30-28-26-24-22-20-18-16-14-12-10-8-6-4-2/h35-38H,3-34H2,1-2H3. The van der Waals surface area contributed by atoms with Crippen LogP contribution in [0, 0.1) is 0 Å². The molecule has 3 nitrogen and oxygen atoms in total. The molecule has 0 amide bonds. The number of carbonyl (C=O) groups excluding carboxylic acids is 2. The summed E-state index contributed by atoms with van der Waals surface area (Å²) in [7, 11) is 0. The van der Waals surface area contributed by atoms with Gasteiger partial charge in [0, 0.05) is 12.2 Å². The first-order valence-electron chi connectivity index (χ1n) is 19.3. The van der Waals surface area contributed by atoms with Crippen molar-refractivity contribution in [3.05, 3.63) is 24.3 Å². The van der Waals surface area contributed by atoms with Crippen LogP contribution in [-0.4, -0.2) is 11.9 Å². The second kappa shape index (κ2) is 36.8. The molecule has 0 rings (SSSR count). The van der Waals surface area contributed by atoms with E-state index in [1.165, 1.54) is 192 Å². The Morgan fingerprint density at radius 3 is 0.791 bits per heavy atom. The predicted molar refractivity (Wildman–Crippen MR) is 188 cm³/mol. The molecular formula is C40H74O3. The molecule has 0 aromatic carbocycles. The van der Waals surface area contributed by atoms with E-state index in [1.54, 1.807) is 0 Å². The highest BCUT2D eigenvalue weighted by atomic mass is 16.6. The molecule has 0 aromatic rings. The number of hydrogen-bond acceptors (Lipinski definition) is 3. The van der Waals surface area contributed by atoms with Crippen LogP contribution < -0.4 is 0 Å². The monoisotopic (exact) mass is 603 g/mol. The maximum Gasteiger partial charge on any atom is 0.338 e. The van der Waals surface area contributed by atoms with Crippen molar-refractivity contribution in [1.82, 2.24) is 0 Å². The lowest BCUT2D eigenvalue weighted by Gasteiger charge is -2.03. The number of rotatable bonds is 34. The first-order chi connectivity index (χ1) is 21.2. The second-order valence-corrected chi connectivity index (χ2v) is 13.0. The Labute approximate surface area is 269 Å². The smallest absolute Gasteiger partial charge is 0.338 e. The van der Waals surface area contributed by atoms with Gasteiger partial charge in [-0.05, 0) is 25.7 Å². The highest BCUT2D eigenvalue weighted by Gasteiger charge is 2.03. The number of allylic oxidation sites excluding steroid dienone is 2. The Hall–Kier alpha value is -1.38. The van der Waals surface area contributed by atoms with Gasteiger partial charge in [-0.1, -0.05) is 206 Å². The SMILES string of the molecule is CCCCCCCCCCCCCCCCCC=CC(=O)OC(=O)C=CCCCCCCCCCCCCCCCCC. The van der Waals surface area contributed by atoms with Crippen molar-refractivity contribution >= 4 is 11.9 Å². The summed E-state index contributed by atoms with van der Waals surface area (Å²) in [5, 5.41) is 0. The van der Waals surface area contributed by atoms with Gasteiger partial charge in [-0.3, -0.25) is 0 Å². The Balaban J connectivity index is 3.40. The quantitative estimate of drug-likeness (QED) is 0.0318. The molecule has 0 aliphatic heterocycles. The van der Waals surface area contributed by atoms with Gasteiger partial charge in [0.1, 0.15) is 0 Å². The minimum atomic E-state index is -0.553. The van der Waals surface area contributed by atoms with E-state index in [4.69, 9.17) is 4.74 Å². The van der Waals surface area contributed by atoms with Gasteiger partial charge in [0.05, 0.1) is 0 Å². The van der Waals surface area contributed by atoms with Crippen molar-refractivity contribution in [3.8, 4) is 0 Å². The van der Waals surface area contributed by atoms with E-state index in [9.17, 15) is 9.59 Å². The summed E-state index contributed by atoms with van der Waals surface area (Å²) in [5.41, 5.74) is 0. The molecule has 0 unspecified atom stereocenters. The molecule has 0 radical (unpaired) electrons. The maximum atomic E-state index is 11.8. The van der Waals surface area contributed by atoms with Gasteiger partial charge in [0.25, 0.3) is 0 Å². The first-order valence-corrected chi connectivity index (χ1v) is 19.3. The third-order valence-corrected chi connectivity index (χ3v) is 8.66. The van der Waals surface area contributed by atoms with Gasteiger partial charge in [0.15, 0.2) is 0 Å². The van der Waals surface area contributed by atoms with Crippen LogP contribution in [0.15, 0.2) is 24.3 Å². The Kier molecular flexibility index (Phi) is 35.6. The zero-order valence-corrected chi connectivity index (χ0v) is 29.2. The minimum absolute atomic E-state index is 0.553. The number of hydrogen-bond donors (Lipinski definition) is 0. The molecule has 0 saturated heterocycles. The topological polar surface area (TPSA) is 43.4 Å². The molecule has 0 heterocycles. The highest BCUT2D eigenvalue weighted by Crippen LogP contribution is 2.15. The summed E-state index contributed by atoms with van der Waals surface area (Å²) in [5.74, 6) is -1.11. The van der Waals surface area contributed by atoms with Gasteiger partial charge < -0.3 is 4.74 Å². The number of carbonyl (C=O) groups is 2. The first kappa shape index (κ1) is 41.6. The number of esters is 2. The summed E-state index contributed by atoms with van der Waals surface area (Å²) >= 11 is 0. The summed E-state index contributed by atoms with van der Waals surface area (Å²) in [6.45, 7) is 4.56. The van der Waals surface area contributed by atoms with Crippen molar-refractivity contribution in [3.63, 3.8) is 0 Å². The molecule has 3 heteroatoms. The largest absolute Gasteiger partial charge is 0.387 e. The molecule has 0 aliphatic rings. The molecule has 0 aliphatic carbocycles. The van der Waals surface area contributed by atoms with Crippen LogP contribution >= 0.6 is 0 Å².